The molecule has 0 aliphatic heterocycles. The maximum atomic E-state index is 10.0. The SMILES string of the molecule is Oc1ccc2ccccc2c1/N=N/c1ccc2[nH]nnc2c1. The maximum absolute atomic E-state index is 10.0. The molecule has 106 valence electrons. The first-order valence-corrected chi connectivity index (χ1v) is 6.74. The van der Waals surface area contributed by atoms with Crippen LogP contribution in [0.15, 0.2) is 64.8 Å². The first kappa shape index (κ1) is 12.5. The molecule has 0 bridgehead atoms. The fourth-order valence-electron chi connectivity index (χ4n) is 2.35. The fourth-order valence-corrected chi connectivity index (χ4v) is 2.35. The maximum Gasteiger partial charge on any atom is 0.143 e. The van der Waals surface area contributed by atoms with Crippen LogP contribution in [0.1, 0.15) is 0 Å². The molecule has 6 nitrogen and oxygen atoms in total. The molecule has 3 aromatic carbocycles. The summed E-state index contributed by atoms with van der Waals surface area (Å²) in [6.45, 7) is 0. The number of benzene rings is 3. The van der Waals surface area contributed by atoms with E-state index in [-0.39, 0.29) is 5.75 Å². The third-order valence-corrected chi connectivity index (χ3v) is 3.45. The first-order chi connectivity index (χ1) is 10.8. The third-order valence-electron chi connectivity index (χ3n) is 3.45. The number of aromatic amines is 1. The molecule has 0 saturated heterocycles. The Balaban J connectivity index is 1.80. The standard InChI is InChI=1S/C16H11N5O/c22-15-8-5-10-3-1-2-4-12(10)16(15)20-17-11-6-7-13-14(9-11)19-21-18-13/h1-9,22H,(H,18,19,21)/b20-17+. The van der Waals surface area contributed by atoms with Crippen LogP contribution in [-0.2, 0) is 0 Å². The van der Waals surface area contributed by atoms with Crippen LogP contribution in [-0.4, -0.2) is 20.5 Å². The third kappa shape index (κ3) is 2.07. The lowest BCUT2D eigenvalue weighted by Crippen LogP contribution is -1.75. The van der Waals surface area contributed by atoms with Gasteiger partial charge < -0.3 is 5.11 Å². The van der Waals surface area contributed by atoms with Gasteiger partial charge in [0.2, 0.25) is 0 Å². The van der Waals surface area contributed by atoms with Gasteiger partial charge in [-0.05, 0) is 29.7 Å². The lowest BCUT2D eigenvalue weighted by molar-refractivity contribution is 0.477. The summed E-state index contributed by atoms with van der Waals surface area (Å²) in [5.41, 5.74) is 2.66. The molecule has 1 aromatic heterocycles. The van der Waals surface area contributed by atoms with E-state index in [0.717, 1.165) is 21.8 Å². The summed E-state index contributed by atoms with van der Waals surface area (Å²) >= 11 is 0. The van der Waals surface area contributed by atoms with Crippen LogP contribution in [0.5, 0.6) is 5.75 Å². The van der Waals surface area contributed by atoms with Gasteiger partial charge in [0.15, 0.2) is 0 Å². The monoisotopic (exact) mass is 289 g/mol. The van der Waals surface area contributed by atoms with Gasteiger partial charge in [0.1, 0.15) is 17.0 Å². The van der Waals surface area contributed by atoms with Crippen molar-refractivity contribution in [1.29, 1.82) is 0 Å². The molecule has 0 fully saturated rings. The van der Waals surface area contributed by atoms with E-state index >= 15 is 0 Å². The van der Waals surface area contributed by atoms with Crippen molar-refractivity contribution in [2.75, 3.05) is 0 Å². The molecule has 22 heavy (non-hydrogen) atoms. The van der Waals surface area contributed by atoms with E-state index in [9.17, 15) is 5.11 Å². The van der Waals surface area contributed by atoms with Gasteiger partial charge in [-0.25, -0.2) is 0 Å². The lowest BCUT2D eigenvalue weighted by Gasteiger charge is -2.03. The Morgan fingerprint density at radius 3 is 2.82 bits per heavy atom. The zero-order valence-electron chi connectivity index (χ0n) is 11.4. The number of H-pyrrole nitrogens is 1. The van der Waals surface area contributed by atoms with Gasteiger partial charge in [-0.15, -0.1) is 10.2 Å². The Kier molecular flexibility index (Phi) is 2.79. The van der Waals surface area contributed by atoms with Crippen molar-refractivity contribution in [2.24, 2.45) is 10.2 Å². The average molecular weight is 289 g/mol. The van der Waals surface area contributed by atoms with E-state index in [2.05, 4.69) is 25.6 Å². The highest BCUT2D eigenvalue weighted by molar-refractivity contribution is 5.95. The number of rotatable bonds is 2. The molecule has 0 aliphatic carbocycles. The van der Waals surface area contributed by atoms with Crippen LogP contribution < -0.4 is 0 Å². The van der Waals surface area contributed by atoms with Gasteiger partial charge in [0.05, 0.1) is 11.2 Å². The summed E-state index contributed by atoms with van der Waals surface area (Å²) in [6.07, 6.45) is 0. The zero-order valence-corrected chi connectivity index (χ0v) is 11.4. The Hall–Kier alpha value is -3.28. The smallest absolute Gasteiger partial charge is 0.143 e. The van der Waals surface area contributed by atoms with E-state index < -0.39 is 0 Å². The molecule has 4 aromatic rings. The molecule has 0 radical (unpaired) electrons. The summed E-state index contributed by atoms with van der Waals surface area (Å²) < 4.78 is 0. The van der Waals surface area contributed by atoms with Crippen molar-refractivity contribution in [3.05, 3.63) is 54.6 Å². The largest absolute Gasteiger partial charge is 0.506 e. The van der Waals surface area contributed by atoms with Crippen LogP contribution in [0, 0.1) is 0 Å². The van der Waals surface area contributed by atoms with Gasteiger partial charge in [-0.2, -0.15) is 5.11 Å². The summed E-state index contributed by atoms with van der Waals surface area (Å²) in [5, 5.41) is 30.8. The molecule has 0 saturated carbocycles. The molecule has 2 N–H and O–H groups in total. The molecule has 4 rings (SSSR count). The molecular weight excluding hydrogens is 278 g/mol. The number of nitrogens with zero attached hydrogens (tertiary/aromatic N) is 4. The predicted molar refractivity (Wildman–Crippen MR) is 83.7 cm³/mol. The molecule has 0 spiro atoms. The van der Waals surface area contributed by atoms with Crippen molar-refractivity contribution in [1.82, 2.24) is 15.4 Å². The van der Waals surface area contributed by atoms with Gasteiger partial charge >= 0.3 is 0 Å². The van der Waals surface area contributed by atoms with Gasteiger partial charge in [0.25, 0.3) is 0 Å². The normalized spacial score (nSPS) is 11.6. The van der Waals surface area contributed by atoms with E-state index in [0.29, 0.717) is 11.4 Å². The van der Waals surface area contributed by atoms with Crippen LogP contribution in [0.3, 0.4) is 0 Å². The summed E-state index contributed by atoms with van der Waals surface area (Å²) in [5.74, 6) is 0.102. The number of hydrogen-bond acceptors (Lipinski definition) is 5. The summed E-state index contributed by atoms with van der Waals surface area (Å²) in [7, 11) is 0. The number of phenolic OH excluding ortho intramolecular Hbond substituents is 1. The number of fused-ring (bicyclic) bond motifs is 2. The Morgan fingerprint density at radius 1 is 0.955 bits per heavy atom. The van der Waals surface area contributed by atoms with Crippen LogP contribution >= 0.6 is 0 Å². The minimum atomic E-state index is 0.102. The number of aromatic hydroxyl groups is 1. The number of phenols is 1. The molecule has 1 heterocycles. The second-order valence-electron chi connectivity index (χ2n) is 4.87. The number of hydrogen-bond donors (Lipinski definition) is 2. The van der Waals surface area contributed by atoms with E-state index in [1.807, 2.05) is 42.5 Å². The van der Waals surface area contributed by atoms with Gasteiger partial charge in [-0.3, -0.25) is 5.10 Å². The summed E-state index contributed by atoms with van der Waals surface area (Å²) in [4.78, 5) is 0. The number of azo groups is 1. The minimum absolute atomic E-state index is 0.102. The second kappa shape index (κ2) is 4.92. The Labute approximate surface area is 125 Å². The number of nitrogens with one attached hydrogen (secondary N) is 1. The summed E-state index contributed by atoms with van der Waals surface area (Å²) in [6, 6.07) is 16.6. The lowest BCUT2D eigenvalue weighted by atomic mass is 10.1. The zero-order chi connectivity index (χ0) is 14.9. The van der Waals surface area contributed by atoms with Crippen LogP contribution in [0.2, 0.25) is 0 Å². The number of aromatic nitrogens is 3. The molecule has 6 heteroatoms. The molecule has 0 amide bonds. The highest BCUT2D eigenvalue weighted by atomic mass is 16.3. The van der Waals surface area contributed by atoms with Crippen molar-refractivity contribution < 1.29 is 5.11 Å². The Morgan fingerprint density at radius 2 is 1.86 bits per heavy atom. The van der Waals surface area contributed by atoms with E-state index in [4.69, 9.17) is 0 Å². The van der Waals surface area contributed by atoms with Gasteiger partial charge in [-0.1, -0.05) is 35.5 Å². The van der Waals surface area contributed by atoms with Crippen molar-refractivity contribution in [3.8, 4) is 5.75 Å². The molecular formula is C16H11N5O. The molecule has 0 atom stereocenters. The minimum Gasteiger partial charge on any atom is -0.506 e. The quantitative estimate of drug-likeness (QED) is 0.541. The van der Waals surface area contributed by atoms with Crippen LogP contribution in [0.25, 0.3) is 21.8 Å². The van der Waals surface area contributed by atoms with E-state index in [1.165, 1.54) is 0 Å². The fraction of sp³-hybridized carbons (Fsp3) is 0. The van der Waals surface area contributed by atoms with Crippen molar-refractivity contribution >= 4 is 33.2 Å². The predicted octanol–water partition coefficient (Wildman–Crippen LogP) is 4.23. The van der Waals surface area contributed by atoms with Crippen molar-refractivity contribution in [3.63, 3.8) is 0 Å². The topological polar surface area (TPSA) is 86.5 Å². The first-order valence-electron chi connectivity index (χ1n) is 6.74. The van der Waals surface area contributed by atoms with Crippen molar-refractivity contribution in [2.45, 2.75) is 0 Å². The average Bonchev–Trinajstić information content (AvgIpc) is 3.01. The second-order valence-corrected chi connectivity index (χ2v) is 4.87. The highest BCUT2D eigenvalue weighted by Crippen LogP contribution is 2.36. The van der Waals surface area contributed by atoms with Gasteiger partial charge in [0, 0.05) is 5.39 Å². The highest BCUT2D eigenvalue weighted by Gasteiger charge is 2.06. The van der Waals surface area contributed by atoms with Crippen LogP contribution in [0.4, 0.5) is 11.4 Å². The molecule has 0 aliphatic rings. The Bertz CT molecular complexity index is 1010. The molecule has 0 unspecified atom stereocenters. The van der Waals surface area contributed by atoms with E-state index in [1.54, 1.807) is 12.1 Å².